The summed E-state index contributed by atoms with van der Waals surface area (Å²) in [5.41, 5.74) is 0.798. The molecule has 1 atom stereocenters. The summed E-state index contributed by atoms with van der Waals surface area (Å²) in [7, 11) is 5.39. The van der Waals surface area contributed by atoms with Crippen LogP contribution in [0.5, 0.6) is 11.5 Å². The van der Waals surface area contributed by atoms with Crippen molar-refractivity contribution in [2.24, 2.45) is 5.92 Å². The van der Waals surface area contributed by atoms with Gasteiger partial charge in [-0.3, -0.25) is 9.69 Å². The lowest BCUT2D eigenvalue weighted by Gasteiger charge is -2.32. The van der Waals surface area contributed by atoms with Crippen LogP contribution in [-0.2, 0) is 11.3 Å². The number of methoxy groups -OCH3 is 2. The maximum absolute atomic E-state index is 12.8. The average Bonchev–Trinajstić information content (AvgIpc) is 3.37. The Labute approximate surface area is 208 Å². The molecule has 192 valence electrons. The minimum Gasteiger partial charge on any atom is -0.493 e. The second kappa shape index (κ2) is 12.4. The third-order valence-electron chi connectivity index (χ3n) is 7.31. The number of hydrogen-bond acceptors (Lipinski definition) is 8. The summed E-state index contributed by atoms with van der Waals surface area (Å²) < 4.78 is 16.2. The normalized spacial score (nSPS) is 19.6. The molecule has 2 aromatic rings. The molecule has 1 aliphatic heterocycles. The SMILES string of the molecule is COc1ccc(-c2noc(CN3CCC[C@H](C(=O)NCCN(C)C4CCCCC4)C3)n2)cc1OC. The first-order valence-electron chi connectivity index (χ1n) is 12.8. The summed E-state index contributed by atoms with van der Waals surface area (Å²) >= 11 is 0. The van der Waals surface area contributed by atoms with Crippen molar-refractivity contribution in [2.75, 3.05) is 47.4 Å². The van der Waals surface area contributed by atoms with E-state index >= 15 is 0 Å². The minimum absolute atomic E-state index is 0.00280. The third kappa shape index (κ3) is 6.73. The highest BCUT2D eigenvalue weighted by Gasteiger charge is 2.27. The van der Waals surface area contributed by atoms with Gasteiger partial charge in [-0.25, -0.2) is 0 Å². The molecule has 2 fully saturated rings. The molecule has 2 heterocycles. The van der Waals surface area contributed by atoms with Crippen LogP contribution in [0.1, 0.15) is 50.8 Å². The number of hydrogen-bond donors (Lipinski definition) is 1. The number of likely N-dealkylation sites (N-methyl/N-ethyl adjacent to an activating group) is 1. The smallest absolute Gasteiger partial charge is 0.241 e. The zero-order chi connectivity index (χ0) is 24.6. The second-order valence-electron chi connectivity index (χ2n) is 9.72. The molecule has 9 heteroatoms. The van der Waals surface area contributed by atoms with E-state index in [1.54, 1.807) is 14.2 Å². The Bertz CT molecular complexity index is 959. The van der Waals surface area contributed by atoms with Crippen molar-refractivity contribution in [1.29, 1.82) is 0 Å². The van der Waals surface area contributed by atoms with E-state index in [-0.39, 0.29) is 11.8 Å². The van der Waals surface area contributed by atoms with E-state index in [9.17, 15) is 4.79 Å². The van der Waals surface area contributed by atoms with E-state index in [0.717, 1.165) is 31.5 Å². The van der Waals surface area contributed by atoms with Gasteiger partial charge in [0.05, 0.1) is 26.7 Å². The molecule has 1 saturated carbocycles. The average molecular weight is 486 g/mol. The molecular weight excluding hydrogens is 446 g/mol. The van der Waals surface area contributed by atoms with Crippen LogP contribution in [0.4, 0.5) is 0 Å². The Morgan fingerprint density at radius 3 is 2.71 bits per heavy atom. The van der Waals surface area contributed by atoms with Crippen LogP contribution < -0.4 is 14.8 Å². The van der Waals surface area contributed by atoms with Gasteiger partial charge in [0.15, 0.2) is 11.5 Å². The van der Waals surface area contributed by atoms with E-state index in [1.165, 1.54) is 32.1 Å². The van der Waals surface area contributed by atoms with Gasteiger partial charge in [0.1, 0.15) is 0 Å². The Hall–Kier alpha value is -2.65. The number of likely N-dealkylation sites (tertiary alicyclic amines) is 1. The van der Waals surface area contributed by atoms with Gasteiger partial charge in [-0.2, -0.15) is 4.98 Å². The van der Waals surface area contributed by atoms with Gasteiger partial charge in [-0.05, 0) is 57.5 Å². The molecule has 1 N–H and O–H groups in total. The number of nitrogens with zero attached hydrogens (tertiary/aromatic N) is 4. The largest absolute Gasteiger partial charge is 0.493 e. The van der Waals surface area contributed by atoms with Crippen molar-refractivity contribution in [1.82, 2.24) is 25.3 Å². The van der Waals surface area contributed by atoms with E-state index in [4.69, 9.17) is 14.0 Å². The van der Waals surface area contributed by atoms with Crippen LogP contribution in [0.15, 0.2) is 22.7 Å². The van der Waals surface area contributed by atoms with Crippen molar-refractivity contribution >= 4 is 5.91 Å². The van der Waals surface area contributed by atoms with Gasteiger partial charge >= 0.3 is 0 Å². The van der Waals surface area contributed by atoms with Crippen LogP contribution in [0.3, 0.4) is 0 Å². The molecule has 4 rings (SSSR count). The first kappa shape index (κ1) is 25.4. The number of nitrogens with one attached hydrogen (secondary N) is 1. The molecule has 0 unspecified atom stereocenters. The molecule has 1 amide bonds. The lowest BCUT2D eigenvalue weighted by atomic mass is 9.94. The molecule has 1 saturated heterocycles. The Morgan fingerprint density at radius 1 is 1.14 bits per heavy atom. The van der Waals surface area contributed by atoms with Crippen LogP contribution >= 0.6 is 0 Å². The molecule has 0 bridgehead atoms. The molecule has 2 aliphatic rings. The maximum Gasteiger partial charge on any atom is 0.241 e. The molecule has 0 spiro atoms. The van der Waals surface area contributed by atoms with Gasteiger partial charge in [-0.1, -0.05) is 24.4 Å². The summed E-state index contributed by atoms with van der Waals surface area (Å²) in [6.45, 7) is 3.78. The highest BCUT2D eigenvalue weighted by Crippen LogP contribution is 2.31. The Balaban J connectivity index is 1.26. The monoisotopic (exact) mass is 485 g/mol. The first-order valence-corrected chi connectivity index (χ1v) is 12.8. The summed E-state index contributed by atoms with van der Waals surface area (Å²) in [5, 5.41) is 7.31. The maximum atomic E-state index is 12.8. The minimum atomic E-state index is -0.00280. The molecular formula is C26H39N5O4. The summed E-state index contributed by atoms with van der Waals surface area (Å²) in [4.78, 5) is 22.0. The van der Waals surface area contributed by atoms with Gasteiger partial charge < -0.3 is 24.2 Å². The van der Waals surface area contributed by atoms with E-state index in [2.05, 4.69) is 32.3 Å². The third-order valence-corrected chi connectivity index (χ3v) is 7.31. The predicted molar refractivity (Wildman–Crippen MR) is 133 cm³/mol. The predicted octanol–water partition coefficient (Wildman–Crippen LogP) is 3.35. The number of carbonyl (C=O) groups excluding carboxylic acids is 1. The molecule has 9 nitrogen and oxygen atoms in total. The van der Waals surface area contributed by atoms with Crippen molar-refractivity contribution in [3.05, 3.63) is 24.1 Å². The van der Waals surface area contributed by atoms with Crippen molar-refractivity contribution in [2.45, 2.75) is 57.5 Å². The van der Waals surface area contributed by atoms with Crippen molar-refractivity contribution in [3.63, 3.8) is 0 Å². The summed E-state index contributed by atoms with van der Waals surface area (Å²) in [5.74, 6) is 2.48. The van der Waals surface area contributed by atoms with Crippen molar-refractivity contribution < 1.29 is 18.8 Å². The molecule has 1 aromatic carbocycles. The van der Waals surface area contributed by atoms with E-state index in [1.807, 2.05) is 18.2 Å². The molecule has 1 aliphatic carbocycles. The zero-order valence-electron chi connectivity index (χ0n) is 21.3. The zero-order valence-corrected chi connectivity index (χ0v) is 21.3. The Morgan fingerprint density at radius 2 is 1.94 bits per heavy atom. The second-order valence-corrected chi connectivity index (χ2v) is 9.72. The van der Waals surface area contributed by atoms with Gasteiger partial charge in [0.2, 0.25) is 17.6 Å². The number of rotatable bonds is 10. The fourth-order valence-electron chi connectivity index (χ4n) is 5.22. The highest BCUT2D eigenvalue weighted by atomic mass is 16.5. The van der Waals surface area contributed by atoms with Gasteiger partial charge in [-0.15, -0.1) is 0 Å². The fourth-order valence-corrected chi connectivity index (χ4v) is 5.22. The van der Waals surface area contributed by atoms with Gasteiger partial charge in [0, 0.05) is 31.2 Å². The number of piperidine rings is 1. The summed E-state index contributed by atoms with van der Waals surface area (Å²) in [6, 6.07) is 6.21. The lowest BCUT2D eigenvalue weighted by molar-refractivity contribution is -0.126. The number of carbonyl (C=O) groups is 1. The topological polar surface area (TPSA) is 93.0 Å². The van der Waals surface area contributed by atoms with E-state index < -0.39 is 0 Å². The molecule has 1 aromatic heterocycles. The quantitative estimate of drug-likeness (QED) is 0.548. The highest BCUT2D eigenvalue weighted by molar-refractivity contribution is 5.78. The first-order chi connectivity index (χ1) is 17.1. The van der Waals surface area contributed by atoms with Crippen LogP contribution in [0.25, 0.3) is 11.4 Å². The molecule has 0 radical (unpaired) electrons. The number of benzene rings is 1. The lowest BCUT2D eigenvalue weighted by Crippen LogP contribution is -2.45. The number of ether oxygens (including phenoxy) is 2. The van der Waals surface area contributed by atoms with Crippen LogP contribution in [0.2, 0.25) is 0 Å². The Kier molecular flexibility index (Phi) is 8.98. The van der Waals surface area contributed by atoms with E-state index in [0.29, 0.717) is 48.9 Å². The van der Waals surface area contributed by atoms with Gasteiger partial charge in [0.25, 0.3) is 0 Å². The van der Waals surface area contributed by atoms with Crippen LogP contribution in [0, 0.1) is 5.92 Å². The number of aromatic nitrogens is 2. The fraction of sp³-hybridized carbons (Fsp3) is 0.654. The van der Waals surface area contributed by atoms with Crippen molar-refractivity contribution in [3.8, 4) is 22.9 Å². The number of amides is 1. The van der Waals surface area contributed by atoms with Crippen LogP contribution in [-0.4, -0.2) is 79.3 Å². The standard InChI is InChI=1S/C26H39N5O4/c1-30(21-9-5-4-6-10-21)15-13-27-26(32)20-8-7-14-31(17-20)18-24-28-25(29-35-24)19-11-12-22(33-2)23(16-19)34-3/h11-12,16,20-21H,4-10,13-15,17-18H2,1-3H3,(H,27,32)/t20-/m0/s1. The molecule has 35 heavy (non-hydrogen) atoms. The summed E-state index contributed by atoms with van der Waals surface area (Å²) in [6.07, 6.45) is 8.49.